The number of alkyl halides is 9. The molecule has 0 radical (unpaired) electrons. The lowest BCUT2D eigenvalue weighted by atomic mass is 10.7. The molecule has 1 atom stereocenters. The van der Waals surface area contributed by atoms with Crippen molar-refractivity contribution in [3.8, 4) is 0 Å². The highest BCUT2D eigenvalue weighted by atomic mass is 31.2. The van der Waals surface area contributed by atoms with Crippen molar-refractivity contribution in [1.29, 1.82) is 0 Å². The van der Waals surface area contributed by atoms with E-state index in [4.69, 9.17) is 0 Å². The van der Waals surface area contributed by atoms with Crippen LogP contribution >= 0.6 is 7.82 Å². The van der Waals surface area contributed by atoms with Crippen LogP contribution in [0.5, 0.6) is 0 Å². The first-order valence-corrected chi connectivity index (χ1v) is 4.96. The first-order valence-electron chi connectivity index (χ1n) is 3.50. The van der Waals surface area contributed by atoms with E-state index in [1.54, 1.807) is 0 Å². The van der Waals surface area contributed by atoms with E-state index < -0.39 is 33.3 Å². The maximum absolute atomic E-state index is 12.1. The van der Waals surface area contributed by atoms with E-state index in [2.05, 4.69) is 13.6 Å². The summed E-state index contributed by atoms with van der Waals surface area (Å²) in [7, 11) is -6.68. The number of phosphoric ester groups is 1. The summed E-state index contributed by atoms with van der Waals surface area (Å²) in [5, 5.41) is 0. The van der Waals surface area contributed by atoms with Crippen LogP contribution < -0.4 is 0 Å². The van der Waals surface area contributed by atoms with Crippen LogP contribution in [-0.2, 0) is 18.1 Å². The molecule has 4 nitrogen and oxygen atoms in total. The molecule has 0 amide bonds. The van der Waals surface area contributed by atoms with Gasteiger partial charge in [0, 0.05) is 0 Å². The van der Waals surface area contributed by atoms with Crippen LogP contribution in [0.3, 0.4) is 0 Å². The molecule has 0 aliphatic carbocycles. The maximum atomic E-state index is 12.1. The molecule has 0 saturated heterocycles. The summed E-state index contributed by atoms with van der Waals surface area (Å²) in [5.41, 5.74) is 0. The third-order valence-electron chi connectivity index (χ3n) is 0.859. The van der Waals surface area contributed by atoms with Crippen molar-refractivity contribution in [2.75, 3.05) is 0 Å². The van der Waals surface area contributed by atoms with Gasteiger partial charge in [-0.15, -0.1) is 26.3 Å². The van der Waals surface area contributed by atoms with E-state index in [0.29, 0.717) is 0 Å². The van der Waals surface area contributed by atoms with E-state index in [9.17, 15) is 44.1 Å². The van der Waals surface area contributed by atoms with Crippen LogP contribution in [0.15, 0.2) is 0 Å². The molecule has 110 valence electrons. The van der Waals surface area contributed by atoms with Crippen molar-refractivity contribution < 1.29 is 57.7 Å². The molecule has 0 aliphatic rings. The standard InChI is InChI=1S/C4H2F9O4P/c5-1(6)2(7)15-18(14,16-3(8,9)10)17-4(11,12)13/h1-2H. The van der Waals surface area contributed by atoms with Gasteiger partial charge in [-0.05, 0) is 0 Å². The fourth-order valence-electron chi connectivity index (χ4n) is 0.485. The van der Waals surface area contributed by atoms with Crippen molar-refractivity contribution in [1.82, 2.24) is 0 Å². The molecule has 0 aromatic rings. The van der Waals surface area contributed by atoms with Gasteiger partial charge in [-0.2, -0.15) is 9.05 Å². The summed E-state index contributed by atoms with van der Waals surface area (Å²) in [6.45, 7) is 0. The van der Waals surface area contributed by atoms with Crippen LogP contribution in [0.2, 0.25) is 0 Å². The molecule has 0 aromatic heterocycles. The summed E-state index contributed by atoms with van der Waals surface area (Å²) < 4.78 is 122. The monoisotopic (exact) mass is 316 g/mol. The minimum Gasteiger partial charge on any atom is -0.245 e. The normalized spacial score (nSPS) is 16.1. The zero-order chi connectivity index (χ0) is 14.8. The maximum Gasteiger partial charge on any atom is 0.531 e. The van der Waals surface area contributed by atoms with Gasteiger partial charge in [0.05, 0.1) is 0 Å². The molecule has 0 N–H and O–H groups in total. The minimum atomic E-state index is -6.68. The Bertz CT molecular complexity index is 291. The van der Waals surface area contributed by atoms with E-state index in [1.807, 2.05) is 0 Å². The third-order valence-corrected chi connectivity index (χ3v) is 2.18. The van der Waals surface area contributed by atoms with Gasteiger partial charge in [0.25, 0.3) is 12.8 Å². The molecule has 0 heterocycles. The summed E-state index contributed by atoms with van der Waals surface area (Å²) in [4.78, 5) is 0. The predicted molar refractivity (Wildman–Crippen MR) is 33.9 cm³/mol. The van der Waals surface area contributed by atoms with Gasteiger partial charge in [0.2, 0.25) is 0 Å². The second-order valence-corrected chi connectivity index (χ2v) is 3.78. The summed E-state index contributed by atoms with van der Waals surface area (Å²) >= 11 is 0. The first-order chi connectivity index (χ1) is 7.74. The Morgan fingerprint density at radius 1 is 0.833 bits per heavy atom. The van der Waals surface area contributed by atoms with Gasteiger partial charge in [-0.1, -0.05) is 0 Å². The Morgan fingerprint density at radius 3 is 1.39 bits per heavy atom. The lowest BCUT2D eigenvalue weighted by molar-refractivity contribution is -0.319. The van der Waals surface area contributed by atoms with Gasteiger partial charge in [0.15, 0.2) is 0 Å². The predicted octanol–water partition coefficient (Wildman–Crippen LogP) is 3.74. The highest BCUT2D eigenvalue weighted by Gasteiger charge is 2.52. The van der Waals surface area contributed by atoms with Crippen molar-refractivity contribution in [3.63, 3.8) is 0 Å². The smallest absolute Gasteiger partial charge is 0.245 e. The Hall–Kier alpha value is -0.520. The number of rotatable bonds is 5. The second-order valence-electron chi connectivity index (χ2n) is 2.31. The molecule has 0 rings (SSSR count). The van der Waals surface area contributed by atoms with E-state index in [0.717, 1.165) is 0 Å². The van der Waals surface area contributed by atoms with Crippen molar-refractivity contribution in [2.24, 2.45) is 0 Å². The van der Waals surface area contributed by atoms with Gasteiger partial charge < -0.3 is 0 Å². The Kier molecular flexibility index (Phi) is 5.47. The van der Waals surface area contributed by atoms with Crippen molar-refractivity contribution in [3.05, 3.63) is 0 Å². The summed E-state index contributed by atoms with van der Waals surface area (Å²) in [5.74, 6) is 0. The Morgan fingerprint density at radius 2 is 1.17 bits per heavy atom. The van der Waals surface area contributed by atoms with Crippen LogP contribution in [0, 0.1) is 0 Å². The average Bonchev–Trinajstić information content (AvgIpc) is 1.93. The topological polar surface area (TPSA) is 44.8 Å². The quantitative estimate of drug-likeness (QED) is 0.572. The lowest BCUT2D eigenvalue weighted by Crippen LogP contribution is -2.24. The fraction of sp³-hybridized carbons (Fsp3) is 1.00. The van der Waals surface area contributed by atoms with Crippen LogP contribution in [0.4, 0.5) is 39.5 Å². The van der Waals surface area contributed by atoms with Gasteiger partial charge in [-0.25, -0.2) is 22.3 Å². The molecule has 0 aliphatic heterocycles. The van der Waals surface area contributed by atoms with E-state index in [-0.39, 0.29) is 0 Å². The minimum absolute atomic E-state index is 2.24. The summed E-state index contributed by atoms with van der Waals surface area (Å²) in [6, 6.07) is 0. The molecule has 1 unspecified atom stereocenters. The number of hydrogen-bond acceptors (Lipinski definition) is 4. The second kappa shape index (κ2) is 5.63. The van der Waals surface area contributed by atoms with Crippen molar-refractivity contribution >= 4 is 7.82 Å². The highest BCUT2D eigenvalue weighted by molar-refractivity contribution is 7.48. The lowest BCUT2D eigenvalue weighted by Gasteiger charge is -2.21. The summed E-state index contributed by atoms with van der Waals surface area (Å²) in [6.07, 6.45) is -20.2. The molecule has 0 fully saturated rings. The molecule has 0 saturated carbocycles. The van der Waals surface area contributed by atoms with Gasteiger partial charge >= 0.3 is 20.5 Å². The molecular weight excluding hydrogens is 314 g/mol. The SMILES string of the molecule is O=P(OC(F)C(F)F)(OC(F)(F)F)OC(F)(F)F. The third kappa shape index (κ3) is 7.74. The Balaban J connectivity index is 4.99. The molecule has 18 heavy (non-hydrogen) atoms. The number of hydrogen-bond donors (Lipinski definition) is 0. The van der Waals surface area contributed by atoms with Gasteiger partial charge in [0.1, 0.15) is 0 Å². The van der Waals surface area contributed by atoms with E-state index in [1.165, 1.54) is 0 Å². The van der Waals surface area contributed by atoms with Gasteiger partial charge in [-0.3, -0.25) is 0 Å². The number of phosphoric acid groups is 1. The highest BCUT2D eigenvalue weighted by Crippen LogP contribution is 2.58. The molecule has 0 spiro atoms. The zero-order valence-electron chi connectivity index (χ0n) is 7.64. The average molecular weight is 316 g/mol. The zero-order valence-corrected chi connectivity index (χ0v) is 8.53. The molecule has 0 aromatic carbocycles. The number of halogens is 9. The first kappa shape index (κ1) is 17.5. The van der Waals surface area contributed by atoms with E-state index >= 15 is 0 Å². The largest absolute Gasteiger partial charge is 0.531 e. The molecule has 14 heteroatoms. The van der Waals surface area contributed by atoms with Crippen molar-refractivity contribution in [2.45, 2.75) is 25.5 Å². The molecular formula is C4H2F9O4P. The van der Waals surface area contributed by atoms with Crippen LogP contribution in [0.1, 0.15) is 0 Å². The Labute approximate surface area is 92.2 Å². The van der Waals surface area contributed by atoms with Crippen LogP contribution in [0.25, 0.3) is 0 Å². The van der Waals surface area contributed by atoms with Crippen LogP contribution in [-0.4, -0.2) is 25.5 Å². The fourth-order valence-corrected chi connectivity index (χ4v) is 1.45. The molecule has 0 bridgehead atoms.